The van der Waals surface area contributed by atoms with Gasteiger partial charge in [0, 0.05) is 12.1 Å². The number of hydrogen-bond acceptors (Lipinski definition) is 3. The summed E-state index contributed by atoms with van der Waals surface area (Å²) in [6, 6.07) is 4.22. The summed E-state index contributed by atoms with van der Waals surface area (Å²) in [7, 11) is 0. The molecule has 1 aromatic heterocycles. The lowest BCUT2D eigenvalue weighted by molar-refractivity contribution is -0.116. The van der Waals surface area contributed by atoms with E-state index < -0.39 is 11.7 Å². The first-order valence-electron chi connectivity index (χ1n) is 6.21. The highest BCUT2D eigenvalue weighted by molar-refractivity contribution is 9.10. The van der Waals surface area contributed by atoms with Crippen LogP contribution in [0.2, 0.25) is 0 Å². The Hall–Kier alpha value is -2.15. The van der Waals surface area contributed by atoms with Gasteiger partial charge in [-0.2, -0.15) is 0 Å². The molecule has 0 bridgehead atoms. The van der Waals surface area contributed by atoms with Crippen molar-refractivity contribution in [3.63, 3.8) is 0 Å². The maximum atomic E-state index is 14.0. The van der Waals surface area contributed by atoms with E-state index in [1.165, 1.54) is 24.5 Å². The third-order valence-electron chi connectivity index (χ3n) is 3.20. The predicted octanol–water partition coefficient (Wildman–Crippen LogP) is 3.32. The van der Waals surface area contributed by atoms with Crippen LogP contribution < -0.4 is 10.6 Å². The number of carbonyl (C=O) groups is 2. The van der Waals surface area contributed by atoms with Gasteiger partial charge in [0.05, 0.1) is 17.5 Å². The van der Waals surface area contributed by atoms with Gasteiger partial charge in [-0.05, 0) is 46.1 Å². The number of rotatable bonds is 2. The molecule has 7 heteroatoms. The Morgan fingerprint density at radius 1 is 1.38 bits per heavy atom. The van der Waals surface area contributed by atoms with E-state index in [0.29, 0.717) is 18.5 Å². The number of amides is 2. The summed E-state index contributed by atoms with van der Waals surface area (Å²) >= 11 is 3.09. The van der Waals surface area contributed by atoms with Crippen LogP contribution in [-0.2, 0) is 11.2 Å². The van der Waals surface area contributed by atoms with Crippen LogP contribution in [0.5, 0.6) is 0 Å². The molecule has 0 radical (unpaired) electrons. The highest BCUT2D eigenvalue weighted by Gasteiger charge is 2.20. The first-order valence-corrected chi connectivity index (χ1v) is 7.00. The quantitative estimate of drug-likeness (QED) is 0.870. The molecule has 0 atom stereocenters. The number of halogens is 2. The molecule has 21 heavy (non-hydrogen) atoms. The summed E-state index contributed by atoms with van der Waals surface area (Å²) in [6.45, 7) is 0. The van der Waals surface area contributed by atoms with Crippen molar-refractivity contribution in [3.05, 3.63) is 46.1 Å². The van der Waals surface area contributed by atoms with Crippen LogP contribution in [0.25, 0.3) is 0 Å². The highest BCUT2D eigenvalue weighted by Crippen LogP contribution is 2.29. The van der Waals surface area contributed by atoms with E-state index in [0.717, 1.165) is 5.56 Å². The maximum absolute atomic E-state index is 14.0. The third-order valence-corrected chi connectivity index (χ3v) is 3.81. The number of fused-ring (bicyclic) bond motifs is 1. The van der Waals surface area contributed by atoms with Crippen molar-refractivity contribution >= 4 is 39.1 Å². The lowest BCUT2D eigenvalue weighted by atomic mass is 10.0. The summed E-state index contributed by atoms with van der Waals surface area (Å²) in [4.78, 5) is 23.4. The molecule has 2 heterocycles. The van der Waals surface area contributed by atoms with Crippen LogP contribution >= 0.6 is 15.9 Å². The van der Waals surface area contributed by atoms with E-state index in [2.05, 4.69) is 26.6 Å². The molecule has 2 N–H and O–H groups in total. The lowest BCUT2D eigenvalue weighted by Crippen LogP contribution is -2.20. The fourth-order valence-corrected chi connectivity index (χ4v) is 2.56. The Morgan fingerprint density at radius 2 is 2.19 bits per heavy atom. The van der Waals surface area contributed by atoms with E-state index in [1.54, 1.807) is 0 Å². The molecule has 0 spiro atoms. The van der Waals surface area contributed by atoms with Crippen LogP contribution in [0.15, 0.2) is 33.5 Å². The Bertz CT molecular complexity index is 742. The zero-order chi connectivity index (χ0) is 15.0. The zero-order valence-corrected chi connectivity index (χ0v) is 12.3. The SMILES string of the molecule is O=C1CCc2cc(F)c(NC(=O)c3ccoc3Br)cc2N1. The molecule has 2 amide bonds. The Labute approximate surface area is 127 Å². The predicted molar refractivity (Wildman–Crippen MR) is 77.7 cm³/mol. The average molecular weight is 353 g/mol. The van der Waals surface area contributed by atoms with Crippen molar-refractivity contribution in [2.24, 2.45) is 0 Å². The standard InChI is InChI=1S/C14H10BrFN2O3/c15-13-8(3-4-21-13)14(20)18-11-6-10-7(5-9(11)16)1-2-12(19)17-10/h3-6H,1-2H2,(H,17,19)(H,18,20). The van der Waals surface area contributed by atoms with Crippen molar-refractivity contribution in [1.29, 1.82) is 0 Å². The van der Waals surface area contributed by atoms with Gasteiger partial charge >= 0.3 is 0 Å². The number of furan rings is 1. The highest BCUT2D eigenvalue weighted by atomic mass is 79.9. The van der Waals surface area contributed by atoms with Gasteiger partial charge in [-0.3, -0.25) is 9.59 Å². The fourth-order valence-electron chi connectivity index (χ4n) is 2.14. The molecule has 2 aromatic rings. The van der Waals surface area contributed by atoms with Gasteiger partial charge in [-0.15, -0.1) is 0 Å². The van der Waals surface area contributed by atoms with Crippen LogP contribution in [0.4, 0.5) is 15.8 Å². The Morgan fingerprint density at radius 3 is 2.90 bits per heavy atom. The number of anilines is 2. The number of aryl methyl sites for hydroxylation is 1. The van der Waals surface area contributed by atoms with Crippen molar-refractivity contribution in [2.75, 3.05) is 10.6 Å². The van der Waals surface area contributed by atoms with Gasteiger partial charge in [0.15, 0.2) is 4.67 Å². The number of carbonyl (C=O) groups excluding carboxylic acids is 2. The van der Waals surface area contributed by atoms with Crippen LogP contribution in [0.1, 0.15) is 22.3 Å². The minimum atomic E-state index is -0.544. The van der Waals surface area contributed by atoms with Crippen molar-refractivity contribution in [3.8, 4) is 0 Å². The van der Waals surface area contributed by atoms with Gasteiger partial charge in [0.25, 0.3) is 5.91 Å². The first-order chi connectivity index (χ1) is 10.0. The van der Waals surface area contributed by atoms with Crippen LogP contribution in [0.3, 0.4) is 0 Å². The molecule has 0 saturated carbocycles. The molecule has 1 aliphatic heterocycles. The molecule has 1 aromatic carbocycles. The second kappa shape index (κ2) is 5.33. The van der Waals surface area contributed by atoms with Crippen molar-refractivity contribution in [2.45, 2.75) is 12.8 Å². The average Bonchev–Trinajstić information content (AvgIpc) is 2.86. The van der Waals surface area contributed by atoms with Gasteiger partial charge in [0.2, 0.25) is 5.91 Å². The number of nitrogens with one attached hydrogen (secondary N) is 2. The first kappa shape index (κ1) is 13.8. The van der Waals surface area contributed by atoms with Gasteiger partial charge in [-0.25, -0.2) is 4.39 Å². The Kier molecular flexibility index (Phi) is 3.50. The van der Waals surface area contributed by atoms with Crippen molar-refractivity contribution in [1.82, 2.24) is 0 Å². The van der Waals surface area contributed by atoms with Crippen molar-refractivity contribution < 1.29 is 18.4 Å². The topological polar surface area (TPSA) is 71.3 Å². The number of hydrogen-bond donors (Lipinski definition) is 2. The molecular weight excluding hydrogens is 343 g/mol. The third kappa shape index (κ3) is 2.69. The summed E-state index contributed by atoms with van der Waals surface area (Å²) < 4.78 is 19.2. The van der Waals surface area contributed by atoms with Gasteiger partial charge < -0.3 is 15.1 Å². The van der Waals surface area contributed by atoms with Crippen LogP contribution in [0, 0.1) is 5.82 Å². The second-order valence-corrected chi connectivity index (χ2v) is 5.32. The minimum Gasteiger partial charge on any atom is -0.457 e. The summed E-state index contributed by atoms with van der Waals surface area (Å²) in [5.41, 5.74) is 1.51. The van der Waals surface area contributed by atoms with E-state index in [1.807, 2.05) is 0 Å². The monoisotopic (exact) mass is 352 g/mol. The molecule has 0 aliphatic carbocycles. The lowest BCUT2D eigenvalue weighted by Gasteiger charge is -2.18. The zero-order valence-electron chi connectivity index (χ0n) is 10.7. The summed E-state index contributed by atoms with van der Waals surface area (Å²) in [5.74, 6) is -1.17. The minimum absolute atomic E-state index is 0.00838. The summed E-state index contributed by atoms with van der Waals surface area (Å²) in [6.07, 6.45) is 2.17. The molecule has 0 unspecified atom stereocenters. The molecular formula is C14H10BrFN2O3. The molecule has 1 aliphatic rings. The van der Waals surface area contributed by atoms with E-state index in [-0.39, 0.29) is 21.8 Å². The second-order valence-electron chi connectivity index (χ2n) is 4.60. The maximum Gasteiger partial charge on any atom is 0.260 e. The molecule has 108 valence electrons. The van der Waals surface area contributed by atoms with Gasteiger partial charge in [-0.1, -0.05) is 0 Å². The van der Waals surface area contributed by atoms with E-state index >= 15 is 0 Å². The molecule has 3 rings (SSSR count). The normalized spacial score (nSPS) is 13.5. The number of benzene rings is 1. The Balaban J connectivity index is 1.89. The molecule has 5 nitrogen and oxygen atoms in total. The molecule has 0 fully saturated rings. The molecule has 0 saturated heterocycles. The largest absolute Gasteiger partial charge is 0.457 e. The van der Waals surface area contributed by atoms with Gasteiger partial charge in [0.1, 0.15) is 5.82 Å². The fraction of sp³-hybridized carbons (Fsp3) is 0.143. The smallest absolute Gasteiger partial charge is 0.260 e. The van der Waals surface area contributed by atoms with E-state index in [4.69, 9.17) is 4.42 Å². The summed E-state index contributed by atoms with van der Waals surface area (Å²) in [5, 5.41) is 5.13. The van der Waals surface area contributed by atoms with E-state index in [9.17, 15) is 14.0 Å². The van der Waals surface area contributed by atoms with Crippen LogP contribution in [-0.4, -0.2) is 11.8 Å².